The average molecular weight is 369 g/mol. The molecule has 140 valence electrons. The predicted molar refractivity (Wildman–Crippen MR) is 95.8 cm³/mol. The van der Waals surface area contributed by atoms with Crippen molar-refractivity contribution >= 4 is 15.9 Å². The second kappa shape index (κ2) is 7.07. The molecule has 3 rings (SSSR count). The van der Waals surface area contributed by atoms with Crippen LogP contribution >= 0.6 is 0 Å². The van der Waals surface area contributed by atoms with Gasteiger partial charge in [0.25, 0.3) is 5.91 Å². The number of hydrogen-bond donors (Lipinski definition) is 0. The van der Waals surface area contributed by atoms with Crippen LogP contribution < -0.4 is 0 Å². The molecule has 1 aromatic heterocycles. The molecule has 1 unspecified atom stereocenters. The van der Waals surface area contributed by atoms with Crippen molar-refractivity contribution in [2.24, 2.45) is 11.8 Å². The maximum absolute atomic E-state index is 12.8. The van der Waals surface area contributed by atoms with E-state index in [2.05, 4.69) is 5.10 Å². The van der Waals surface area contributed by atoms with Crippen LogP contribution in [0.3, 0.4) is 0 Å². The van der Waals surface area contributed by atoms with Crippen molar-refractivity contribution in [3.8, 4) is 0 Å². The van der Waals surface area contributed by atoms with Crippen molar-refractivity contribution in [3.63, 3.8) is 0 Å². The number of aryl methyl sites for hydroxylation is 1. The quantitative estimate of drug-likeness (QED) is 0.804. The molecule has 7 nitrogen and oxygen atoms in total. The summed E-state index contributed by atoms with van der Waals surface area (Å²) in [5, 5.41) is 4.27. The standard InChI is InChI=1S/C17H28N4O3S/c1-4-21-13(2)16(11-18-21)17(22)19-8-5-15(12-19)14-6-9-20(10-7-14)25(3,23)24/h11,14-15H,4-10,12H2,1-3H3. The minimum atomic E-state index is -3.08. The van der Waals surface area contributed by atoms with Crippen LogP contribution in [-0.4, -0.2) is 65.7 Å². The van der Waals surface area contributed by atoms with Crippen molar-refractivity contribution in [2.75, 3.05) is 32.4 Å². The summed E-state index contributed by atoms with van der Waals surface area (Å²) >= 11 is 0. The maximum atomic E-state index is 12.8. The highest BCUT2D eigenvalue weighted by molar-refractivity contribution is 7.88. The van der Waals surface area contributed by atoms with Crippen LogP contribution in [-0.2, 0) is 16.6 Å². The Kier molecular flexibility index (Phi) is 5.20. The molecular formula is C17H28N4O3S. The van der Waals surface area contributed by atoms with Gasteiger partial charge in [0.2, 0.25) is 10.0 Å². The summed E-state index contributed by atoms with van der Waals surface area (Å²) in [7, 11) is -3.08. The fourth-order valence-electron chi connectivity index (χ4n) is 4.18. The van der Waals surface area contributed by atoms with E-state index in [1.165, 1.54) is 6.26 Å². The van der Waals surface area contributed by atoms with Gasteiger partial charge < -0.3 is 4.90 Å². The third kappa shape index (κ3) is 3.74. The molecule has 0 aromatic carbocycles. The van der Waals surface area contributed by atoms with E-state index in [0.29, 0.717) is 30.5 Å². The molecule has 2 aliphatic heterocycles. The first-order chi connectivity index (χ1) is 11.8. The lowest BCUT2D eigenvalue weighted by atomic mass is 9.84. The summed E-state index contributed by atoms with van der Waals surface area (Å²) in [6.45, 7) is 7.50. The molecule has 0 N–H and O–H groups in total. The first kappa shape index (κ1) is 18.4. The van der Waals surface area contributed by atoms with Gasteiger partial charge in [-0.1, -0.05) is 0 Å². The van der Waals surface area contributed by atoms with Gasteiger partial charge in [-0.05, 0) is 44.9 Å². The normalized spacial score (nSPS) is 23.3. The Hall–Kier alpha value is -1.41. The number of rotatable bonds is 4. The third-order valence-corrected chi connectivity index (χ3v) is 7.08. The number of piperidine rings is 1. The van der Waals surface area contributed by atoms with Crippen LogP contribution in [0.25, 0.3) is 0 Å². The zero-order valence-corrected chi connectivity index (χ0v) is 16.1. The van der Waals surface area contributed by atoms with Crippen LogP contribution in [0, 0.1) is 18.8 Å². The molecule has 0 saturated carbocycles. The summed E-state index contributed by atoms with van der Waals surface area (Å²) in [6.07, 6.45) is 5.76. The topological polar surface area (TPSA) is 75.5 Å². The highest BCUT2D eigenvalue weighted by atomic mass is 32.2. The van der Waals surface area contributed by atoms with Crippen molar-refractivity contribution in [3.05, 3.63) is 17.5 Å². The lowest BCUT2D eigenvalue weighted by molar-refractivity contribution is 0.0777. The largest absolute Gasteiger partial charge is 0.338 e. The predicted octanol–water partition coefficient (Wildman–Crippen LogP) is 1.35. The van der Waals surface area contributed by atoms with Gasteiger partial charge in [0, 0.05) is 38.4 Å². The molecule has 0 bridgehead atoms. The highest BCUT2D eigenvalue weighted by Gasteiger charge is 2.35. The smallest absolute Gasteiger partial charge is 0.257 e. The fraction of sp³-hybridized carbons (Fsp3) is 0.765. The van der Waals surface area contributed by atoms with E-state index in [9.17, 15) is 13.2 Å². The lowest BCUT2D eigenvalue weighted by Crippen LogP contribution is -2.40. The van der Waals surface area contributed by atoms with Gasteiger partial charge in [0.15, 0.2) is 0 Å². The summed E-state index contributed by atoms with van der Waals surface area (Å²) in [5.74, 6) is 1.07. The Morgan fingerprint density at radius 2 is 1.84 bits per heavy atom. The summed E-state index contributed by atoms with van der Waals surface area (Å²) in [6, 6.07) is 0. The summed E-state index contributed by atoms with van der Waals surface area (Å²) in [4.78, 5) is 14.7. The first-order valence-corrected chi connectivity index (χ1v) is 10.9. The van der Waals surface area contributed by atoms with Gasteiger partial charge in [-0.2, -0.15) is 5.10 Å². The molecule has 2 fully saturated rings. The number of hydrogen-bond acceptors (Lipinski definition) is 4. The minimum Gasteiger partial charge on any atom is -0.338 e. The molecular weight excluding hydrogens is 340 g/mol. The number of nitrogens with zero attached hydrogens (tertiary/aromatic N) is 4. The highest BCUT2D eigenvalue weighted by Crippen LogP contribution is 2.33. The van der Waals surface area contributed by atoms with Crippen LogP contribution in [0.5, 0.6) is 0 Å². The molecule has 25 heavy (non-hydrogen) atoms. The van der Waals surface area contributed by atoms with Crippen LogP contribution in [0.15, 0.2) is 6.20 Å². The molecule has 1 atom stereocenters. The van der Waals surface area contributed by atoms with E-state index in [4.69, 9.17) is 0 Å². The Morgan fingerprint density at radius 1 is 1.20 bits per heavy atom. The van der Waals surface area contributed by atoms with E-state index in [-0.39, 0.29) is 5.91 Å². The Bertz CT molecular complexity index is 735. The van der Waals surface area contributed by atoms with Gasteiger partial charge in [-0.15, -0.1) is 0 Å². The molecule has 8 heteroatoms. The first-order valence-electron chi connectivity index (χ1n) is 9.08. The summed E-state index contributed by atoms with van der Waals surface area (Å²) in [5.41, 5.74) is 1.63. The zero-order chi connectivity index (χ0) is 18.2. The number of carbonyl (C=O) groups excluding carboxylic acids is 1. The number of sulfonamides is 1. The molecule has 2 aliphatic rings. The SMILES string of the molecule is CCn1ncc(C(=O)N2CCC(C3CCN(S(C)(=O)=O)CC3)C2)c1C. The van der Waals surface area contributed by atoms with Gasteiger partial charge in [-0.3, -0.25) is 9.48 Å². The monoisotopic (exact) mass is 368 g/mol. The molecule has 0 aliphatic carbocycles. The number of likely N-dealkylation sites (tertiary alicyclic amines) is 1. The molecule has 0 spiro atoms. The van der Waals surface area contributed by atoms with E-state index >= 15 is 0 Å². The average Bonchev–Trinajstić information content (AvgIpc) is 3.20. The molecule has 2 saturated heterocycles. The number of amides is 1. The maximum Gasteiger partial charge on any atom is 0.257 e. The van der Waals surface area contributed by atoms with E-state index in [0.717, 1.165) is 44.6 Å². The van der Waals surface area contributed by atoms with Gasteiger partial charge >= 0.3 is 0 Å². The van der Waals surface area contributed by atoms with Crippen molar-refractivity contribution in [1.82, 2.24) is 19.0 Å². The van der Waals surface area contributed by atoms with E-state index < -0.39 is 10.0 Å². The summed E-state index contributed by atoms with van der Waals surface area (Å²) < 4.78 is 26.7. The van der Waals surface area contributed by atoms with Crippen molar-refractivity contribution < 1.29 is 13.2 Å². The van der Waals surface area contributed by atoms with Crippen LogP contribution in [0.1, 0.15) is 42.2 Å². The molecule has 0 radical (unpaired) electrons. The fourth-order valence-corrected chi connectivity index (χ4v) is 5.06. The van der Waals surface area contributed by atoms with Crippen molar-refractivity contribution in [2.45, 2.75) is 39.7 Å². The van der Waals surface area contributed by atoms with Gasteiger partial charge in [0.1, 0.15) is 0 Å². The van der Waals surface area contributed by atoms with Crippen molar-refractivity contribution in [1.29, 1.82) is 0 Å². The Labute approximate surface area is 150 Å². The van der Waals surface area contributed by atoms with Crippen LogP contribution in [0.4, 0.5) is 0 Å². The lowest BCUT2D eigenvalue weighted by Gasteiger charge is -2.33. The number of carbonyl (C=O) groups is 1. The van der Waals surface area contributed by atoms with E-state index in [1.54, 1.807) is 10.5 Å². The van der Waals surface area contributed by atoms with Crippen LogP contribution in [0.2, 0.25) is 0 Å². The molecule has 1 aromatic rings. The van der Waals surface area contributed by atoms with E-state index in [1.807, 2.05) is 23.4 Å². The molecule has 3 heterocycles. The van der Waals surface area contributed by atoms with Gasteiger partial charge in [-0.25, -0.2) is 12.7 Å². The number of aromatic nitrogens is 2. The Morgan fingerprint density at radius 3 is 2.40 bits per heavy atom. The molecule has 1 amide bonds. The Balaban J connectivity index is 1.59. The second-order valence-corrected chi connectivity index (χ2v) is 9.24. The van der Waals surface area contributed by atoms with Gasteiger partial charge in [0.05, 0.1) is 18.0 Å². The minimum absolute atomic E-state index is 0.0771. The third-order valence-electron chi connectivity index (χ3n) is 5.78. The second-order valence-electron chi connectivity index (χ2n) is 7.26. The zero-order valence-electron chi connectivity index (χ0n) is 15.3.